The normalized spacial score (nSPS) is 10.8. The highest BCUT2D eigenvalue weighted by atomic mass is 31.0. The number of nitrogens with zero attached hydrogens (tertiary/aromatic N) is 6. The third-order valence-electron chi connectivity index (χ3n) is 4.58. The summed E-state index contributed by atoms with van der Waals surface area (Å²) in [7, 11) is 2.64. The molecule has 4 rings (SSSR count). The Balaban J connectivity index is 2.06. The van der Waals surface area contributed by atoms with Gasteiger partial charge in [-0.25, -0.2) is 9.55 Å². The van der Waals surface area contributed by atoms with E-state index < -0.39 is 0 Å². The van der Waals surface area contributed by atoms with Crippen LogP contribution in [0, 0.1) is 45.4 Å². The fourth-order valence-corrected chi connectivity index (χ4v) is 3.53. The minimum atomic E-state index is -0.124. The molecule has 0 N–H and O–H groups in total. The van der Waals surface area contributed by atoms with Crippen LogP contribution in [-0.4, -0.2) is 9.55 Å². The molecular formula is C21H9N6P. The van der Waals surface area contributed by atoms with Crippen molar-refractivity contribution in [2.24, 2.45) is 0 Å². The van der Waals surface area contributed by atoms with Gasteiger partial charge in [0.05, 0.1) is 11.4 Å². The van der Waals surface area contributed by atoms with Gasteiger partial charge in [-0.15, -0.1) is 9.24 Å². The van der Waals surface area contributed by atoms with E-state index in [1.54, 1.807) is 0 Å². The first kappa shape index (κ1) is 17.2. The largest absolute Gasteiger partial charge is 0.227 e. The highest BCUT2D eigenvalue weighted by Crippen LogP contribution is 2.46. The first-order valence-corrected chi connectivity index (χ1v) is 8.69. The smallest absolute Gasteiger partial charge is 0.219 e. The fourth-order valence-electron chi connectivity index (χ4n) is 3.34. The summed E-state index contributed by atoms with van der Waals surface area (Å²) < 4.78 is 1.07. The molecule has 0 aliphatic heterocycles. The van der Waals surface area contributed by atoms with Crippen LogP contribution in [0.4, 0.5) is 0 Å². The molecule has 0 bridgehead atoms. The maximum atomic E-state index is 9.52. The summed E-state index contributed by atoms with van der Waals surface area (Å²) >= 11 is 0. The number of benzene rings is 2. The van der Waals surface area contributed by atoms with Crippen LogP contribution in [0.5, 0.6) is 0 Å². The van der Waals surface area contributed by atoms with E-state index in [4.69, 9.17) is 0 Å². The van der Waals surface area contributed by atoms with Crippen LogP contribution in [0.25, 0.3) is 28.0 Å². The Bertz CT molecular complexity index is 1330. The molecule has 1 aliphatic rings. The average Bonchev–Trinajstić information content (AvgIpc) is 3.24. The van der Waals surface area contributed by atoms with Crippen molar-refractivity contribution in [3.05, 3.63) is 65.1 Å². The molecule has 0 fully saturated rings. The summed E-state index contributed by atoms with van der Waals surface area (Å²) in [4.78, 5) is 4.29. The van der Waals surface area contributed by atoms with Crippen molar-refractivity contribution in [1.82, 2.24) is 9.55 Å². The van der Waals surface area contributed by atoms with Gasteiger partial charge in [-0.3, -0.25) is 0 Å². The molecule has 128 valence electrons. The van der Waals surface area contributed by atoms with E-state index in [9.17, 15) is 21.0 Å². The third kappa shape index (κ3) is 2.39. The number of hydrogen-bond donors (Lipinski definition) is 0. The fraction of sp³-hybridized carbons (Fsp3) is 0. The van der Waals surface area contributed by atoms with Gasteiger partial charge in [-0.05, 0) is 28.1 Å². The highest BCUT2D eigenvalue weighted by molar-refractivity contribution is 7.27. The van der Waals surface area contributed by atoms with Crippen molar-refractivity contribution >= 4 is 20.1 Å². The highest BCUT2D eigenvalue weighted by Gasteiger charge is 2.34. The molecule has 0 saturated heterocycles. The lowest BCUT2D eigenvalue weighted by Gasteiger charge is -2.07. The Kier molecular flexibility index (Phi) is 3.99. The summed E-state index contributed by atoms with van der Waals surface area (Å²) in [5, 5.41) is 38.7. The number of rotatable bonds is 1. The van der Waals surface area contributed by atoms with E-state index in [2.05, 4.69) is 14.2 Å². The van der Waals surface area contributed by atoms with Crippen LogP contribution in [0.15, 0.2) is 48.0 Å². The summed E-state index contributed by atoms with van der Waals surface area (Å²) in [6.07, 6.45) is 1.92. The van der Waals surface area contributed by atoms with Crippen molar-refractivity contribution < 1.29 is 0 Å². The summed E-state index contributed by atoms with van der Waals surface area (Å²) in [5.41, 5.74) is 4.20. The predicted molar refractivity (Wildman–Crippen MR) is 105 cm³/mol. The van der Waals surface area contributed by atoms with E-state index in [1.807, 2.05) is 66.9 Å². The van der Waals surface area contributed by atoms with Gasteiger partial charge in [0.2, 0.25) is 5.82 Å². The molecule has 1 unspecified atom stereocenters. The number of nitriles is 4. The topological polar surface area (TPSA) is 113 Å². The van der Waals surface area contributed by atoms with Crippen molar-refractivity contribution in [3.63, 3.8) is 0 Å². The van der Waals surface area contributed by atoms with Crippen LogP contribution in [-0.2, 0) is 0 Å². The number of fused-ring (bicyclic) bond motifs is 3. The minimum Gasteiger partial charge on any atom is -0.219 e. The van der Waals surface area contributed by atoms with Crippen molar-refractivity contribution in [2.45, 2.75) is 0 Å². The van der Waals surface area contributed by atoms with Gasteiger partial charge in [0.15, 0.2) is 6.19 Å². The van der Waals surface area contributed by atoms with E-state index in [1.165, 1.54) is 0 Å². The Labute approximate surface area is 163 Å². The second-order valence-corrected chi connectivity index (χ2v) is 6.70. The molecule has 1 heterocycles. The van der Waals surface area contributed by atoms with Crippen LogP contribution < -0.4 is 5.30 Å². The Morgan fingerprint density at radius 1 is 0.893 bits per heavy atom. The van der Waals surface area contributed by atoms with Gasteiger partial charge in [0.25, 0.3) is 0 Å². The van der Waals surface area contributed by atoms with Crippen LogP contribution in [0.3, 0.4) is 0 Å². The van der Waals surface area contributed by atoms with Gasteiger partial charge in [0.1, 0.15) is 23.8 Å². The SMILES string of the molecule is N#CC(C#N)=C1c2ccc(-c3ccc(P)cc3)cc2-c2nc(C#N)n(C#N)c21. The van der Waals surface area contributed by atoms with Gasteiger partial charge in [0, 0.05) is 11.1 Å². The zero-order valence-electron chi connectivity index (χ0n) is 14.3. The third-order valence-corrected chi connectivity index (χ3v) is 4.96. The monoisotopic (exact) mass is 376 g/mol. The molecule has 0 spiro atoms. The molecule has 1 aromatic heterocycles. The maximum absolute atomic E-state index is 9.52. The Morgan fingerprint density at radius 3 is 2.18 bits per heavy atom. The standard InChI is InChI=1S/C21H9N6P/c22-8-14(9-23)19-16-6-3-13(12-1-4-15(28)5-2-12)7-17(16)20-21(19)27(11-25)18(10-24)26-20/h1-7H,28H2. The molecule has 1 aliphatic carbocycles. The molecule has 2 aromatic carbocycles. The molecule has 28 heavy (non-hydrogen) atoms. The first-order valence-electron chi connectivity index (χ1n) is 8.11. The zero-order chi connectivity index (χ0) is 19.8. The summed E-state index contributed by atoms with van der Waals surface area (Å²) in [6, 6.07) is 19.2. The predicted octanol–water partition coefficient (Wildman–Crippen LogP) is 3.08. The second-order valence-electron chi connectivity index (χ2n) is 6.04. The quantitative estimate of drug-likeness (QED) is 0.374. The summed E-state index contributed by atoms with van der Waals surface area (Å²) in [6.45, 7) is 0. The van der Waals surface area contributed by atoms with Gasteiger partial charge in [-0.1, -0.05) is 36.4 Å². The van der Waals surface area contributed by atoms with Crippen molar-refractivity contribution in [2.75, 3.05) is 0 Å². The molecule has 0 radical (unpaired) electrons. The van der Waals surface area contributed by atoms with E-state index >= 15 is 0 Å². The Hall–Kier alpha value is -4.22. The lowest BCUT2D eigenvalue weighted by atomic mass is 9.97. The number of hydrogen-bond acceptors (Lipinski definition) is 5. The van der Waals surface area contributed by atoms with Crippen molar-refractivity contribution in [3.8, 4) is 46.8 Å². The van der Waals surface area contributed by atoms with Gasteiger partial charge < -0.3 is 0 Å². The van der Waals surface area contributed by atoms with Gasteiger partial charge >= 0.3 is 0 Å². The number of allylic oxidation sites excluding steroid dienone is 1. The summed E-state index contributed by atoms with van der Waals surface area (Å²) in [5.74, 6) is -0.0800. The average molecular weight is 376 g/mol. The molecule has 1 atom stereocenters. The molecule has 6 nitrogen and oxygen atoms in total. The molecule has 7 heteroatoms. The Morgan fingerprint density at radius 2 is 1.57 bits per heavy atom. The number of imidazole rings is 1. The molecule has 0 amide bonds. The van der Waals surface area contributed by atoms with E-state index in [0.29, 0.717) is 28.1 Å². The van der Waals surface area contributed by atoms with Crippen LogP contribution in [0.2, 0.25) is 0 Å². The molecule has 0 saturated carbocycles. The lowest BCUT2D eigenvalue weighted by Crippen LogP contribution is -2.00. The molecule has 3 aromatic rings. The van der Waals surface area contributed by atoms with Gasteiger partial charge in [-0.2, -0.15) is 21.0 Å². The van der Waals surface area contributed by atoms with Crippen LogP contribution >= 0.6 is 9.24 Å². The molecular weight excluding hydrogens is 367 g/mol. The van der Waals surface area contributed by atoms with Crippen molar-refractivity contribution in [1.29, 1.82) is 21.0 Å². The van der Waals surface area contributed by atoms with E-state index in [0.717, 1.165) is 21.0 Å². The number of aromatic nitrogens is 2. The maximum Gasteiger partial charge on any atom is 0.227 e. The van der Waals surface area contributed by atoms with E-state index in [-0.39, 0.29) is 11.4 Å². The van der Waals surface area contributed by atoms with Crippen LogP contribution in [0.1, 0.15) is 17.1 Å². The minimum absolute atomic E-state index is 0.0800. The lowest BCUT2D eigenvalue weighted by molar-refractivity contribution is 1.02. The second kappa shape index (κ2) is 6.50. The zero-order valence-corrected chi connectivity index (χ0v) is 15.5. The first-order chi connectivity index (χ1) is 13.6.